The molecule has 1 aliphatic rings. The summed E-state index contributed by atoms with van der Waals surface area (Å²) in [5.41, 5.74) is 1.39. The average Bonchev–Trinajstić information content (AvgIpc) is 3.03. The number of nitrogens with one attached hydrogen (secondary N) is 1. The second-order valence-corrected chi connectivity index (χ2v) is 6.83. The van der Waals surface area contributed by atoms with E-state index in [1.54, 1.807) is 29.2 Å². The van der Waals surface area contributed by atoms with E-state index in [0.29, 0.717) is 12.2 Å². The van der Waals surface area contributed by atoms with Gasteiger partial charge < -0.3 is 15.0 Å². The number of carbonyl (C=O) groups excluding carboxylic acids is 3. The van der Waals surface area contributed by atoms with Gasteiger partial charge in [0.25, 0.3) is 0 Å². The van der Waals surface area contributed by atoms with Gasteiger partial charge in [-0.2, -0.15) is 0 Å². The van der Waals surface area contributed by atoms with Gasteiger partial charge in [0.15, 0.2) is 0 Å². The van der Waals surface area contributed by atoms with E-state index < -0.39 is 11.9 Å². The Bertz CT molecular complexity index is 868. The molecule has 1 aliphatic heterocycles. The van der Waals surface area contributed by atoms with Crippen LogP contribution in [0.15, 0.2) is 53.0 Å². The number of carbonyl (C=O) groups is 3. The van der Waals surface area contributed by atoms with Crippen molar-refractivity contribution in [2.75, 3.05) is 23.9 Å². The number of benzene rings is 2. The van der Waals surface area contributed by atoms with Crippen LogP contribution in [0.1, 0.15) is 16.8 Å². The number of ether oxygens (including phenoxy) is 1. The molecule has 26 heavy (non-hydrogen) atoms. The van der Waals surface area contributed by atoms with Crippen molar-refractivity contribution in [1.29, 1.82) is 0 Å². The third-order valence-electron chi connectivity index (χ3n) is 4.21. The minimum atomic E-state index is -0.529. The lowest BCUT2D eigenvalue weighted by Gasteiger charge is -2.17. The first kappa shape index (κ1) is 18.1. The van der Waals surface area contributed by atoms with Crippen molar-refractivity contribution in [3.8, 4) is 0 Å². The van der Waals surface area contributed by atoms with Crippen LogP contribution in [-0.2, 0) is 14.3 Å². The fourth-order valence-corrected chi connectivity index (χ4v) is 3.28. The van der Waals surface area contributed by atoms with Gasteiger partial charge >= 0.3 is 5.97 Å². The molecule has 2 aromatic carbocycles. The molecule has 1 fully saturated rings. The maximum Gasteiger partial charge on any atom is 0.339 e. The number of amides is 2. The number of hydrogen-bond acceptors (Lipinski definition) is 4. The monoisotopic (exact) mass is 416 g/mol. The van der Waals surface area contributed by atoms with Crippen LogP contribution in [0.25, 0.3) is 0 Å². The highest BCUT2D eigenvalue weighted by molar-refractivity contribution is 9.10. The van der Waals surface area contributed by atoms with E-state index in [9.17, 15) is 14.4 Å². The minimum absolute atomic E-state index is 0.107. The molecule has 1 heterocycles. The van der Waals surface area contributed by atoms with Crippen molar-refractivity contribution in [2.45, 2.75) is 6.42 Å². The summed E-state index contributed by atoms with van der Waals surface area (Å²) in [5.74, 6) is -1.43. The number of rotatable bonds is 4. The van der Waals surface area contributed by atoms with Gasteiger partial charge in [-0.15, -0.1) is 0 Å². The number of hydrogen-bond donors (Lipinski definition) is 1. The van der Waals surface area contributed by atoms with E-state index in [4.69, 9.17) is 4.74 Å². The van der Waals surface area contributed by atoms with Crippen LogP contribution in [0.4, 0.5) is 11.4 Å². The Morgan fingerprint density at radius 2 is 1.96 bits per heavy atom. The largest absolute Gasteiger partial charge is 0.465 e. The van der Waals surface area contributed by atoms with E-state index >= 15 is 0 Å². The molecule has 1 unspecified atom stereocenters. The summed E-state index contributed by atoms with van der Waals surface area (Å²) in [5, 5.41) is 2.74. The number of para-hydroxylation sites is 1. The zero-order valence-corrected chi connectivity index (χ0v) is 15.7. The quantitative estimate of drug-likeness (QED) is 0.776. The van der Waals surface area contributed by atoms with Crippen LogP contribution in [0.3, 0.4) is 0 Å². The van der Waals surface area contributed by atoms with Crippen molar-refractivity contribution in [1.82, 2.24) is 0 Å². The topological polar surface area (TPSA) is 75.7 Å². The lowest BCUT2D eigenvalue weighted by molar-refractivity contribution is -0.122. The molecule has 1 saturated heterocycles. The molecule has 0 spiro atoms. The van der Waals surface area contributed by atoms with Gasteiger partial charge in [0, 0.05) is 23.1 Å². The number of anilines is 2. The summed E-state index contributed by atoms with van der Waals surface area (Å²) in [6.07, 6.45) is 0.124. The van der Waals surface area contributed by atoms with Crippen LogP contribution in [-0.4, -0.2) is 31.4 Å². The third kappa shape index (κ3) is 3.77. The molecular weight excluding hydrogens is 400 g/mol. The van der Waals surface area contributed by atoms with Crippen molar-refractivity contribution < 1.29 is 19.1 Å². The fourth-order valence-electron chi connectivity index (χ4n) is 2.89. The van der Waals surface area contributed by atoms with Gasteiger partial charge in [-0.25, -0.2) is 4.79 Å². The van der Waals surface area contributed by atoms with Gasteiger partial charge in [-0.3, -0.25) is 9.59 Å². The highest BCUT2D eigenvalue weighted by Gasteiger charge is 2.35. The number of halogens is 1. The molecule has 0 saturated carbocycles. The summed E-state index contributed by atoms with van der Waals surface area (Å²) in [7, 11) is 1.28. The SMILES string of the molecule is COC(=O)c1ccccc1NC(=O)C1CC(=O)N(c2cccc(Br)c2)C1. The standard InChI is InChI=1S/C19H17BrN2O4/c1-26-19(25)15-7-2-3-8-16(15)21-18(24)12-9-17(23)22(11-12)14-6-4-5-13(20)10-14/h2-8,10,12H,9,11H2,1H3,(H,21,24). The molecule has 3 rings (SSSR count). The van der Waals surface area contributed by atoms with Gasteiger partial charge in [0.05, 0.1) is 24.3 Å². The smallest absolute Gasteiger partial charge is 0.339 e. The summed E-state index contributed by atoms with van der Waals surface area (Å²) < 4.78 is 5.59. The second-order valence-electron chi connectivity index (χ2n) is 5.91. The Balaban J connectivity index is 1.74. The molecule has 0 radical (unpaired) electrons. The molecule has 2 aromatic rings. The van der Waals surface area contributed by atoms with E-state index in [1.807, 2.05) is 24.3 Å². The second kappa shape index (κ2) is 7.70. The molecule has 7 heteroatoms. The van der Waals surface area contributed by atoms with Crippen molar-refractivity contribution in [2.24, 2.45) is 5.92 Å². The van der Waals surface area contributed by atoms with Crippen LogP contribution in [0.5, 0.6) is 0 Å². The van der Waals surface area contributed by atoms with E-state index in [1.165, 1.54) is 7.11 Å². The first-order valence-electron chi connectivity index (χ1n) is 8.03. The third-order valence-corrected chi connectivity index (χ3v) is 4.70. The van der Waals surface area contributed by atoms with Crippen LogP contribution in [0, 0.1) is 5.92 Å². The molecule has 134 valence electrons. The number of nitrogens with zero attached hydrogens (tertiary/aromatic N) is 1. The normalized spacial score (nSPS) is 16.5. The molecular formula is C19H17BrN2O4. The maximum atomic E-state index is 12.6. The first-order valence-corrected chi connectivity index (χ1v) is 8.83. The maximum absolute atomic E-state index is 12.6. The first-order chi connectivity index (χ1) is 12.5. The van der Waals surface area contributed by atoms with Gasteiger partial charge in [-0.1, -0.05) is 34.1 Å². The van der Waals surface area contributed by atoms with Crippen LogP contribution in [0.2, 0.25) is 0 Å². The van der Waals surface area contributed by atoms with E-state index in [-0.39, 0.29) is 23.8 Å². The Hall–Kier alpha value is -2.67. The molecule has 1 N–H and O–H groups in total. The van der Waals surface area contributed by atoms with E-state index in [2.05, 4.69) is 21.2 Å². The molecule has 2 amide bonds. The Kier molecular flexibility index (Phi) is 5.37. The minimum Gasteiger partial charge on any atom is -0.465 e. The highest BCUT2D eigenvalue weighted by atomic mass is 79.9. The van der Waals surface area contributed by atoms with Gasteiger partial charge in [-0.05, 0) is 30.3 Å². The molecule has 0 bridgehead atoms. The lowest BCUT2D eigenvalue weighted by atomic mass is 10.1. The highest BCUT2D eigenvalue weighted by Crippen LogP contribution is 2.28. The Morgan fingerprint density at radius 3 is 2.69 bits per heavy atom. The summed E-state index contributed by atoms with van der Waals surface area (Å²) in [6, 6.07) is 14.0. The van der Waals surface area contributed by atoms with E-state index in [0.717, 1.165) is 10.2 Å². The van der Waals surface area contributed by atoms with Crippen molar-refractivity contribution in [3.63, 3.8) is 0 Å². The molecule has 1 atom stereocenters. The number of esters is 1. The average molecular weight is 417 g/mol. The fraction of sp³-hybridized carbons (Fsp3) is 0.211. The zero-order valence-electron chi connectivity index (χ0n) is 14.1. The van der Waals surface area contributed by atoms with Crippen molar-refractivity contribution >= 4 is 45.1 Å². The Labute approximate surface area is 159 Å². The summed E-state index contributed by atoms with van der Waals surface area (Å²) >= 11 is 3.38. The predicted molar refractivity (Wildman–Crippen MR) is 101 cm³/mol. The van der Waals surface area contributed by atoms with Gasteiger partial charge in [0.2, 0.25) is 11.8 Å². The predicted octanol–water partition coefficient (Wildman–Crippen LogP) is 3.23. The molecule has 6 nitrogen and oxygen atoms in total. The van der Waals surface area contributed by atoms with Crippen LogP contribution >= 0.6 is 15.9 Å². The van der Waals surface area contributed by atoms with Crippen molar-refractivity contribution in [3.05, 3.63) is 58.6 Å². The molecule has 0 aliphatic carbocycles. The lowest BCUT2D eigenvalue weighted by Crippen LogP contribution is -2.28. The zero-order chi connectivity index (χ0) is 18.7. The summed E-state index contributed by atoms with van der Waals surface area (Å²) in [6.45, 7) is 0.293. The molecule has 0 aromatic heterocycles. The summed E-state index contributed by atoms with van der Waals surface area (Å²) in [4.78, 5) is 38.4. The number of methoxy groups -OCH3 is 1. The van der Waals surface area contributed by atoms with Crippen LogP contribution < -0.4 is 10.2 Å². The van der Waals surface area contributed by atoms with Gasteiger partial charge in [0.1, 0.15) is 0 Å². The Morgan fingerprint density at radius 1 is 1.19 bits per heavy atom.